The van der Waals surface area contributed by atoms with E-state index in [1.165, 1.54) is 23.1 Å². The van der Waals surface area contributed by atoms with Crippen molar-refractivity contribution in [1.29, 1.82) is 0 Å². The minimum absolute atomic E-state index is 0.0167. The third kappa shape index (κ3) is 6.67. The number of rotatable bonds is 5. The molecule has 2 saturated heterocycles. The summed E-state index contributed by atoms with van der Waals surface area (Å²) in [5, 5.41) is 0.727. The molecule has 3 fully saturated rings. The number of piperazine rings is 1. The van der Waals surface area contributed by atoms with Crippen LogP contribution in [0.1, 0.15) is 79.1 Å². The number of pyridine rings is 1. The molecule has 3 atom stereocenters. The summed E-state index contributed by atoms with van der Waals surface area (Å²) < 4.78 is 8.22. The number of amides is 2. The van der Waals surface area contributed by atoms with Crippen LogP contribution in [0.4, 0.5) is 4.79 Å². The van der Waals surface area contributed by atoms with Crippen LogP contribution in [0, 0.1) is 12.8 Å². The van der Waals surface area contributed by atoms with Crippen LogP contribution in [0.2, 0.25) is 5.02 Å². The van der Waals surface area contributed by atoms with Gasteiger partial charge in [-0.2, -0.15) is 0 Å². The van der Waals surface area contributed by atoms with E-state index in [1.54, 1.807) is 4.90 Å². The fourth-order valence-electron chi connectivity index (χ4n) is 8.11. The molecule has 2 aliphatic heterocycles. The summed E-state index contributed by atoms with van der Waals surface area (Å²) in [6.07, 6.45) is 14.3. The Kier molecular flexibility index (Phi) is 9.31. The highest BCUT2D eigenvalue weighted by atomic mass is 35.5. The molecule has 3 aromatic rings. The Morgan fingerprint density at radius 3 is 2.63 bits per heavy atom. The Balaban J connectivity index is 1.17. The number of halogens is 1. The number of carbonyl (C=O) groups excluding carboxylic acids is 2. The molecule has 1 unspecified atom stereocenters. The van der Waals surface area contributed by atoms with Crippen molar-refractivity contribution in [1.82, 2.24) is 29.2 Å². The van der Waals surface area contributed by atoms with Crippen LogP contribution in [0.15, 0.2) is 49.1 Å². The number of piperidine rings is 1. The third-order valence-electron chi connectivity index (χ3n) is 10.4. The maximum Gasteiger partial charge on any atom is 0.410 e. The van der Waals surface area contributed by atoms with Crippen molar-refractivity contribution < 1.29 is 14.3 Å². The van der Waals surface area contributed by atoms with Gasteiger partial charge in [0.2, 0.25) is 5.91 Å². The Morgan fingerprint density at radius 1 is 0.957 bits per heavy atom. The van der Waals surface area contributed by atoms with E-state index in [-0.39, 0.29) is 24.1 Å². The van der Waals surface area contributed by atoms with E-state index >= 15 is 0 Å². The van der Waals surface area contributed by atoms with Gasteiger partial charge in [-0.1, -0.05) is 30.2 Å². The van der Waals surface area contributed by atoms with Crippen LogP contribution in [0.3, 0.4) is 0 Å². The van der Waals surface area contributed by atoms with Crippen molar-refractivity contribution in [2.75, 3.05) is 32.7 Å². The van der Waals surface area contributed by atoms with Crippen molar-refractivity contribution in [2.24, 2.45) is 5.92 Å². The van der Waals surface area contributed by atoms with E-state index in [1.807, 2.05) is 36.5 Å². The van der Waals surface area contributed by atoms with E-state index in [2.05, 4.69) is 38.8 Å². The molecule has 0 spiro atoms. The Hall–Kier alpha value is -3.43. The fourth-order valence-corrected chi connectivity index (χ4v) is 8.30. The van der Waals surface area contributed by atoms with Gasteiger partial charge in [-0.3, -0.25) is 19.6 Å². The number of benzene rings is 1. The van der Waals surface area contributed by atoms with Crippen molar-refractivity contribution in [3.05, 3.63) is 82.2 Å². The lowest BCUT2D eigenvalue weighted by Crippen LogP contribution is -2.62. The van der Waals surface area contributed by atoms with Crippen LogP contribution in [-0.4, -0.2) is 86.1 Å². The molecule has 0 radical (unpaired) electrons. The topological polar surface area (TPSA) is 83.8 Å². The van der Waals surface area contributed by atoms with Crippen LogP contribution in [0.25, 0.3) is 0 Å². The van der Waals surface area contributed by atoms with Crippen LogP contribution >= 0.6 is 11.6 Å². The summed E-state index contributed by atoms with van der Waals surface area (Å²) in [5.74, 6) is 0.353. The molecule has 244 valence electrons. The second-order valence-corrected chi connectivity index (χ2v) is 14.1. The van der Waals surface area contributed by atoms with Crippen molar-refractivity contribution in [3.8, 4) is 0 Å². The second-order valence-electron chi connectivity index (χ2n) is 13.6. The summed E-state index contributed by atoms with van der Waals surface area (Å²) in [4.78, 5) is 43.8. The van der Waals surface area contributed by atoms with Gasteiger partial charge in [0.1, 0.15) is 12.1 Å². The first kappa shape index (κ1) is 31.2. The number of ether oxygens (including phenoxy) is 1. The van der Waals surface area contributed by atoms with Gasteiger partial charge < -0.3 is 14.2 Å². The Bertz CT molecular complexity index is 1550. The molecule has 46 heavy (non-hydrogen) atoms. The zero-order chi connectivity index (χ0) is 31.6. The van der Waals surface area contributed by atoms with Gasteiger partial charge in [-0.15, -0.1) is 0 Å². The van der Waals surface area contributed by atoms with Crippen LogP contribution in [0.5, 0.6) is 0 Å². The van der Waals surface area contributed by atoms with Gasteiger partial charge in [-0.25, -0.2) is 9.78 Å². The predicted octanol–water partition coefficient (Wildman–Crippen LogP) is 5.82. The zero-order valence-corrected chi connectivity index (χ0v) is 27.6. The molecular formula is C36H45ClN6O3. The largest absolute Gasteiger partial charge is 0.446 e. The first-order valence-electron chi connectivity index (χ1n) is 17.1. The lowest BCUT2D eigenvalue weighted by atomic mass is 9.94. The van der Waals surface area contributed by atoms with Gasteiger partial charge in [0, 0.05) is 56.7 Å². The van der Waals surface area contributed by atoms with Gasteiger partial charge >= 0.3 is 6.09 Å². The molecule has 9 nitrogen and oxygen atoms in total. The minimum Gasteiger partial charge on any atom is -0.446 e. The Labute approximate surface area is 276 Å². The highest BCUT2D eigenvalue weighted by molar-refractivity contribution is 6.30. The summed E-state index contributed by atoms with van der Waals surface area (Å²) in [5.41, 5.74) is 5.64. The maximum absolute atomic E-state index is 14.6. The average Bonchev–Trinajstić information content (AvgIpc) is 3.41. The number of imidazole rings is 1. The predicted molar refractivity (Wildman–Crippen MR) is 177 cm³/mol. The standard InChI is InChI=1S/C36H45ClN6O3/c1-25-20-40(24-39-25)21-26-7-6-16-42(22-26)35(44)32-23-41(17-18-43(32)36(45)46-30-9-3-2-4-10-30)34-31-14-13-29(37)19-28(31)12-11-27-8-5-15-38-33(27)34/h5,8,13-15,19-20,24,26,30,32,34H,2-4,6-7,9-12,16-18,21-23H2,1H3/t26-,32+,34?/m0/s1. The first-order valence-corrected chi connectivity index (χ1v) is 17.5. The van der Waals surface area contributed by atoms with E-state index in [0.717, 1.165) is 74.3 Å². The molecule has 2 aromatic heterocycles. The Morgan fingerprint density at radius 2 is 1.80 bits per heavy atom. The molecule has 2 aliphatic carbocycles. The number of fused-ring (bicyclic) bond motifs is 2. The number of aromatic nitrogens is 3. The molecule has 10 heteroatoms. The van der Waals surface area contributed by atoms with Crippen LogP contribution < -0.4 is 0 Å². The summed E-state index contributed by atoms with van der Waals surface area (Å²) in [6, 6.07) is 9.56. The van der Waals surface area contributed by atoms with Gasteiger partial charge in [0.05, 0.1) is 23.8 Å². The lowest BCUT2D eigenvalue weighted by Gasteiger charge is -2.45. The van der Waals surface area contributed by atoms with Gasteiger partial charge in [0.15, 0.2) is 0 Å². The first-order chi connectivity index (χ1) is 22.4. The number of likely N-dealkylation sites (tertiary alicyclic amines) is 1. The normalized spacial score (nSPS) is 24.2. The second kappa shape index (κ2) is 13.7. The SMILES string of the molecule is Cc1cn(C[C@@H]2CCCN(C(=O)[C@H]3CN(C4c5ccc(Cl)cc5CCc5cccnc54)CCN3C(=O)OC3CCCCC3)C2)cn1. The quantitative estimate of drug-likeness (QED) is 0.348. The monoisotopic (exact) mass is 644 g/mol. The molecule has 1 saturated carbocycles. The molecule has 1 aromatic carbocycles. The smallest absolute Gasteiger partial charge is 0.410 e. The molecule has 4 heterocycles. The maximum atomic E-state index is 14.6. The molecule has 0 N–H and O–H groups in total. The summed E-state index contributed by atoms with van der Waals surface area (Å²) >= 11 is 6.48. The zero-order valence-electron chi connectivity index (χ0n) is 26.8. The summed E-state index contributed by atoms with van der Waals surface area (Å²) in [6.45, 7) is 5.67. The number of hydrogen-bond acceptors (Lipinski definition) is 6. The highest BCUT2D eigenvalue weighted by Gasteiger charge is 2.43. The minimum atomic E-state index is -0.634. The van der Waals surface area contributed by atoms with E-state index in [9.17, 15) is 9.59 Å². The van der Waals surface area contributed by atoms with Crippen molar-refractivity contribution in [2.45, 2.75) is 89.4 Å². The van der Waals surface area contributed by atoms with Crippen LogP contribution in [-0.2, 0) is 28.9 Å². The van der Waals surface area contributed by atoms with Gasteiger partial charge in [0.25, 0.3) is 0 Å². The molecule has 7 rings (SSSR count). The fraction of sp³-hybridized carbons (Fsp3) is 0.556. The molecule has 2 amide bonds. The summed E-state index contributed by atoms with van der Waals surface area (Å²) in [7, 11) is 0. The van der Waals surface area contributed by atoms with E-state index in [4.69, 9.17) is 21.3 Å². The van der Waals surface area contributed by atoms with E-state index < -0.39 is 6.04 Å². The number of nitrogens with zero attached hydrogens (tertiary/aromatic N) is 6. The molecular weight excluding hydrogens is 600 g/mol. The number of aryl methyl sites for hydroxylation is 3. The molecule has 4 aliphatic rings. The average molecular weight is 645 g/mol. The van der Waals surface area contributed by atoms with Crippen molar-refractivity contribution in [3.63, 3.8) is 0 Å². The number of carbonyl (C=O) groups is 2. The van der Waals surface area contributed by atoms with E-state index in [0.29, 0.717) is 38.6 Å². The molecule has 0 bridgehead atoms. The highest BCUT2D eigenvalue weighted by Crippen LogP contribution is 2.38. The lowest BCUT2D eigenvalue weighted by molar-refractivity contribution is -0.141. The van der Waals surface area contributed by atoms with Crippen molar-refractivity contribution >= 4 is 23.6 Å². The number of hydrogen-bond donors (Lipinski definition) is 0. The van der Waals surface area contributed by atoms with Gasteiger partial charge in [-0.05, 0) is 99.1 Å². The third-order valence-corrected chi connectivity index (χ3v) is 10.7.